The Kier molecular flexibility index (Phi) is 7.30. The Morgan fingerprint density at radius 2 is 1.61 bits per heavy atom. The zero-order valence-corrected chi connectivity index (χ0v) is 12.5. The number of amides is 1. The molecule has 0 aliphatic rings. The van der Waals surface area contributed by atoms with E-state index in [4.69, 9.17) is 10.5 Å². The third-order valence-corrected chi connectivity index (χ3v) is 2.06. The van der Waals surface area contributed by atoms with Gasteiger partial charge in [-0.3, -0.25) is 4.79 Å². The van der Waals surface area contributed by atoms with Crippen molar-refractivity contribution < 1.29 is 19.1 Å². The smallest absolute Gasteiger partial charge is 0.408 e. The number of rotatable bonds is 3. The Morgan fingerprint density at radius 1 is 1.17 bits per heavy atom. The molecule has 6 nitrogen and oxygen atoms in total. The fourth-order valence-corrected chi connectivity index (χ4v) is 1.07. The first-order valence-corrected chi connectivity index (χ1v) is 5.34. The second-order valence-corrected chi connectivity index (χ2v) is 5.35. The minimum atomic E-state index is -0.958. The lowest BCUT2D eigenvalue weighted by atomic mass is 9.95. The van der Waals surface area contributed by atoms with Crippen LogP contribution in [0.1, 0.15) is 34.6 Å². The van der Waals surface area contributed by atoms with Crippen molar-refractivity contribution in [1.82, 2.24) is 5.32 Å². The van der Waals surface area contributed by atoms with E-state index in [0.29, 0.717) is 0 Å². The van der Waals surface area contributed by atoms with Crippen molar-refractivity contribution in [2.45, 2.75) is 51.8 Å². The molecule has 0 heterocycles. The average Bonchev–Trinajstić information content (AvgIpc) is 2.11. The summed E-state index contributed by atoms with van der Waals surface area (Å²) in [4.78, 5) is 22.8. The lowest BCUT2D eigenvalue weighted by Gasteiger charge is -2.31. The Bertz CT molecular complexity index is 300. The molecule has 0 aromatic rings. The van der Waals surface area contributed by atoms with E-state index in [2.05, 4.69) is 10.1 Å². The maximum absolute atomic E-state index is 11.5. The Balaban J connectivity index is 0. The summed E-state index contributed by atoms with van der Waals surface area (Å²) in [5.74, 6) is -0.592. The number of nitrogens with one attached hydrogen (secondary N) is 1. The van der Waals surface area contributed by atoms with Gasteiger partial charge in [-0.2, -0.15) is 0 Å². The van der Waals surface area contributed by atoms with Crippen molar-refractivity contribution >= 4 is 24.5 Å². The summed E-state index contributed by atoms with van der Waals surface area (Å²) in [6.45, 7) is 8.50. The normalized spacial score (nSPS) is 13.1. The van der Waals surface area contributed by atoms with Gasteiger partial charge < -0.3 is 20.5 Å². The number of esters is 1. The highest BCUT2D eigenvalue weighted by molar-refractivity contribution is 5.85. The zero-order valence-electron chi connectivity index (χ0n) is 11.7. The number of nitrogens with two attached hydrogens (primary N) is 1. The van der Waals surface area contributed by atoms with Gasteiger partial charge in [-0.1, -0.05) is 0 Å². The SMILES string of the molecule is COC(=O)[C@@H](N)C(C)(C)NC(=O)OC(C)(C)C.Cl. The van der Waals surface area contributed by atoms with Crippen LogP contribution < -0.4 is 11.1 Å². The highest BCUT2D eigenvalue weighted by Gasteiger charge is 2.35. The molecule has 0 bridgehead atoms. The molecule has 0 unspecified atom stereocenters. The topological polar surface area (TPSA) is 90.6 Å². The van der Waals surface area contributed by atoms with Crippen molar-refractivity contribution in [3.05, 3.63) is 0 Å². The first-order chi connectivity index (χ1) is 7.49. The predicted molar refractivity (Wildman–Crippen MR) is 70.7 cm³/mol. The first kappa shape index (κ1) is 19.3. The molecule has 0 aliphatic heterocycles. The van der Waals surface area contributed by atoms with E-state index >= 15 is 0 Å². The molecule has 0 radical (unpaired) electrons. The van der Waals surface area contributed by atoms with Gasteiger partial charge in [-0.05, 0) is 34.6 Å². The summed E-state index contributed by atoms with van der Waals surface area (Å²) < 4.78 is 9.60. The van der Waals surface area contributed by atoms with Gasteiger partial charge in [0, 0.05) is 0 Å². The summed E-state index contributed by atoms with van der Waals surface area (Å²) in [6, 6.07) is -0.958. The second-order valence-electron chi connectivity index (χ2n) is 5.35. The van der Waals surface area contributed by atoms with Gasteiger partial charge in [0.1, 0.15) is 11.6 Å². The number of carbonyl (C=O) groups is 2. The van der Waals surface area contributed by atoms with Crippen LogP contribution in [0.2, 0.25) is 0 Å². The summed E-state index contributed by atoms with van der Waals surface area (Å²) in [7, 11) is 1.24. The number of ether oxygens (including phenoxy) is 2. The molecule has 0 aliphatic carbocycles. The summed E-state index contributed by atoms with van der Waals surface area (Å²) in [5, 5.41) is 2.54. The predicted octanol–water partition coefficient (Wildman–Crippen LogP) is 1.21. The first-order valence-electron chi connectivity index (χ1n) is 5.34. The van der Waals surface area contributed by atoms with Crippen LogP contribution in [0.3, 0.4) is 0 Å². The van der Waals surface area contributed by atoms with E-state index in [9.17, 15) is 9.59 Å². The standard InChI is InChI=1S/C11H22N2O4.ClH/c1-10(2,3)17-9(15)13-11(4,5)7(12)8(14)16-6;/h7H,12H2,1-6H3,(H,13,15);1H/t7-;/m1./s1. The van der Waals surface area contributed by atoms with Gasteiger partial charge in [0.15, 0.2) is 0 Å². The fraction of sp³-hybridized carbons (Fsp3) is 0.818. The third kappa shape index (κ3) is 6.66. The van der Waals surface area contributed by atoms with Crippen LogP contribution >= 0.6 is 12.4 Å². The molecule has 0 fully saturated rings. The molecule has 1 atom stereocenters. The van der Waals surface area contributed by atoms with Crippen molar-refractivity contribution in [3.63, 3.8) is 0 Å². The fourth-order valence-electron chi connectivity index (χ4n) is 1.07. The van der Waals surface area contributed by atoms with E-state index in [1.54, 1.807) is 34.6 Å². The number of halogens is 1. The molecule has 0 saturated carbocycles. The molecule has 0 rings (SSSR count). The van der Waals surface area contributed by atoms with Crippen LogP contribution in [-0.4, -0.2) is 36.4 Å². The van der Waals surface area contributed by atoms with Crippen LogP contribution in [0.25, 0.3) is 0 Å². The maximum atomic E-state index is 11.5. The van der Waals surface area contributed by atoms with Gasteiger partial charge in [0.25, 0.3) is 0 Å². The number of hydrogen-bond acceptors (Lipinski definition) is 5. The minimum Gasteiger partial charge on any atom is -0.468 e. The van der Waals surface area contributed by atoms with E-state index < -0.39 is 29.2 Å². The minimum absolute atomic E-state index is 0. The molecular weight excluding hydrogens is 260 g/mol. The van der Waals surface area contributed by atoms with Gasteiger partial charge in [0.2, 0.25) is 0 Å². The Labute approximate surface area is 114 Å². The Morgan fingerprint density at radius 3 is 1.94 bits per heavy atom. The highest BCUT2D eigenvalue weighted by Crippen LogP contribution is 2.12. The third-order valence-electron chi connectivity index (χ3n) is 2.06. The summed E-state index contributed by atoms with van der Waals surface area (Å²) in [5.41, 5.74) is 4.12. The summed E-state index contributed by atoms with van der Waals surface area (Å²) >= 11 is 0. The number of alkyl carbamates (subject to hydrolysis) is 1. The van der Waals surface area contributed by atoms with Crippen molar-refractivity contribution in [2.75, 3.05) is 7.11 Å². The molecule has 0 spiro atoms. The summed E-state index contributed by atoms with van der Waals surface area (Å²) in [6.07, 6.45) is -0.623. The molecule has 1 amide bonds. The van der Waals surface area contributed by atoms with E-state index in [1.807, 2.05) is 0 Å². The molecule has 108 valence electrons. The monoisotopic (exact) mass is 282 g/mol. The van der Waals surface area contributed by atoms with Gasteiger partial charge >= 0.3 is 12.1 Å². The van der Waals surface area contributed by atoms with Crippen LogP contribution in [0.15, 0.2) is 0 Å². The van der Waals surface area contributed by atoms with Crippen molar-refractivity contribution in [2.24, 2.45) is 5.73 Å². The van der Waals surface area contributed by atoms with E-state index in [1.165, 1.54) is 7.11 Å². The Hall–Kier alpha value is -1.01. The van der Waals surface area contributed by atoms with Gasteiger partial charge in [0.05, 0.1) is 12.6 Å². The second kappa shape index (κ2) is 6.80. The number of carbonyl (C=O) groups excluding carboxylic acids is 2. The molecule has 18 heavy (non-hydrogen) atoms. The lowest BCUT2D eigenvalue weighted by molar-refractivity contribution is -0.143. The van der Waals surface area contributed by atoms with Crippen LogP contribution in [-0.2, 0) is 14.3 Å². The quantitative estimate of drug-likeness (QED) is 0.759. The zero-order chi connectivity index (χ0) is 13.9. The van der Waals surface area contributed by atoms with Crippen LogP contribution in [0.5, 0.6) is 0 Å². The van der Waals surface area contributed by atoms with E-state index in [0.717, 1.165) is 0 Å². The largest absolute Gasteiger partial charge is 0.468 e. The molecule has 3 N–H and O–H groups in total. The molecule has 0 aromatic heterocycles. The van der Waals surface area contributed by atoms with Crippen molar-refractivity contribution in [1.29, 1.82) is 0 Å². The van der Waals surface area contributed by atoms with Gasteiger partial charge in [-0.25, -0.2) is 4.79 Å². The number of hydrogen-bond donors (Lipinski definition) is 2. The van der Waals surface area contributed by atoms with Crippen molar-refractivity contribution in [3.8, 4) is 0 Å². The van der Waals surface area contributed by atoms with Crippen LogP contribution in [0, 0.1) is 0 Å². The van der Waals surface area contributed by atoms with E-state index in [-0.39, 0.29) is 12.4 Å². The highest BCUT2D eigenvalue weighted by atomic mass is 35.5. The average molecular weight is 283 g/mol. The van der Waals surface area contributed by atoms with Gasteiger partial charge in [-0.15, -0.1) is 12.4 Å². The number of methoxy groups -OCH3 is 1. The maximum Gasteiger partial charge on any atom is 0.408 e. The molecular formula is C11H23ClN2O4. The lowest BCUT2D eigenvalue weighted by Crippen LogP contribution is -2.60. The molecule has 0 saturated heterocycles. The molecule has 0 aromatic carbocycles. The molecule has 7 heteroatoms. The van der Waals surface area contributed by atoms with Crippen LogP contribution in [0.4, 0.5) is 4.79 Å².